The monoisotopic (exact) mass is 433 g/mol. The van der Waals surface area contributed by atoms with Crippen LogP contribution in [0.5, 0.6) is 0 Å². The zero-order valence-electron chi connectivity index (χ0n) is 17.9. The molecule has 32 heavy (non-hydrogen) atoms. The first-order chi connectivity index (χ1) is 15.6. The van der Waals surface area contributed by atoms with Crippen LogP contribution in [0.15, 0.2) is 53.7 Å². The summed E-state index contributed by atoms with van der Waals surface area (Å²) in [4.78, 5) is 40.0. The third kappa shape index (κ3) is 4.67. The molecule has 0 radical (unpaired) electrons. The lowest BCUT2D eigenvalue weighted by Crippen LogP contribution is -2.42. The Bertz CT molecular complexity index is 1120. The van der Waals surface area contributed by atoms with Gasteiger partial charge in [-0.3, -0.25) is 14.2 Å². The van der Waals surface area contributed by atoms with Gasteiger partial charge in [0.05, 0.1) is 5.69 Å². The molecule has 0 spiro atoms. The van der Waals surface area contributed by atoms with Crippen LogP contribution in [-0.2, 0) is 11.2 Å². The van der Waals surface area contributed by atoms with Gasteiger partial charge in [0.2, 0.25) is 5.91 Å². The van der Waals surface area contributed by atoms with Crippen molar-refractivity contribution in [2.24, 2.45) is 17.4 Å². The number of aryl methyl sites for hydroxylation is 1. The summed E-state index contributed by atoms with van der Waals surface area (Å²) in [6.45, 7) is 1.69. The Morgan fingerprint density at radius 3 is 2.41 bits per heavy atom. The number of carbonyl (C=O) groups is 1. The minimum absolute atomic E-state index is 0.151. The van der Waals surface area contributed by atoms with Gasteiger partial charge in [0.1, 0.15) is 0 Å². The second-order valence-electron chi connectivity index (χ2n) is 7.91. The standard InChI is InChI=1S/C23H27N7O2/c24-10-1-3-18-15-30(19-6-4-17(5-7-19)21-26-11-2-12-27-21)23(32)22(28-18)29-13-8-16(9-14-29)20(25)31/h2,4-7,11-12,15-16H,1,3,8-10,13-14,24H2,(H2,25,31). The van der Waals surface area contributed by atoms with Crippen LogP contribution in [0, 0.1) is 5.92 Å². The number of nitrogens with two attached hydrogens (primary N) is 2. The van der Waals surface area contributed by atoms with E-state index >= 15 is 0 Å². The van der Waals surface area contributed by atoms with E-state index < -0.39 is 0 Å². The van der Waals surface area contributed by atoms with Crippen molar-refractivity contribution in [3.05, 3.63) is 65.0 Å². The molecule has 1 saturated heterocycles. The Balaban J connectivity index is 1.68. The van der Waals surface area contributed by atoms with Gasteiger partial charge < -0.3 is 16.4 Å². The van der Waals surface area contributed by atoms with E-state index in [1.807, 2.05) is 29.2 Å². The molecule has 0 atom stereocenters. The molecule has 0 saturated carbocycles. The molecule has 0 unspecified atom stereocenters. The van der Waals surface area contributed by atoms with Crippen LogP contribution in [0.1, 0.15) is 25.0 Å². The van der Waals surface area contributed by atoms with Gasteiger partial charge in [-0.2, -0.15) is 0 Å². The molecule has 2 aromatic heterocycles. The van der Waals surface area contributed by atoms with E-state index in [1.54, 1.807) is 29.2 Å². The SMILES string of the molecule is NCCCc1cn(-c2ccc(-c3ncccn3)cc2)c(=O)c(N2CCC(C(N)=O)CC2)n1. The summed E-state index contributed by atoms with van der Waals surface area (Å²) in [5.41, 5.74) is 13.4. The predicted octanol–water partition coefficient (Wildman–Crippen LogP) is 1.28. The second-order valence-corrected chi connectivity index (χ2v) is 7.91. The van der Waals surface area contributed by atoms with E-state index in [-0.39, 0.29) is 17.4 Å². The fraction of sp³-hybridized carbons (Fsp3) is 0.348. The molecular weight excluding hydrogens is 406 g/mol. The van der Waals surface area contributed by atoms with E-state index in [0.717, 1.165) is 23.4 Å². The number of hydrogen-bond acceptors (Lipinski definition) is 7. The largest absolute Gasteiger partial charge is 0.369 e. The average molecular weight is 434 g/mol. The Kier molecular flexibility index (Phi) is 6.55. The smallest absolute Gasteiger partial charge is 0.298 e. The number of amides is 1. The third-order valence-corrected chi connectivity index (χ3v) is 5.74. The number of anilines is 1. The molecule has 4 rings (SSSR count). The zero-order valence-corrected chi connectivity index (χ0v) is 17.9. The number of hydrogen-bond donors (Lipinski definition) is 2. The first-order valence-corrected chi connectivity index (χ1v) is 10.8. The molecule has 1 aromatic carbocycles. The van der Waals surface area contributed by atoms with Crippen molar-refractivity contribution in [1.82, 2.24) is 19.5 Å². The fourth-order valence-electron chi connectivity index (χ4n) is 3.92. The fourth-order valence-corrected chi connectivity index (χ4v) is 3.92. The molecular formula is C23H27N7O2. The van der Waals surface area contributed by atoms with E-state index in [9.17, 15) is 9.59 Å². The molecule has 1 aliphatic heterocycles. The molecule has 1 fully saturated rings. The van der Waals surface area contributed by atoms with Gasteiger partial charge in [-0.15, -0.1) is 0 Å². The molecule has 1 aliphatic rings. The number of piperidine rings is 1. The quantitative estimate of drug-likeness (QED) is 0.573. The second kappa shape index (κ2) is 9.69. The molecule has 3 aromatic rings. The van der Waals surface area contributed by atoms with Crippen LogP contribution in [0.25, 0.3) is 17.1 Å². The van der Waals surface area contributed by atoms with Gasteiger partial charge in [0.25, 0.3) is 5.56 Å². The van der Waals surface area contributed by atoms with Crippen molar-refractivity contribution in [1.29, 1.82) is 0 Å². The van der Waals surface area contributed by atoms with Crippen molar-refractivity contribution in [2.45, 2.75) is 25.7 Å². The van der Waals surface area contributed by atoms with E-state index in [1.165, 1.54) is 0 Å². The van der Waals surface area contributed by atoms with Crippen LogP contribution in [0.4, 0.5) is 5.82 Å². The zero-order chi connectivity index (χ0) is 22.5. The van der Waals surface area contributed by atoms with E-state index in [0.29, 0.717) is 50.5 Å². The molecule has 3 heterocycles. The number of rotatable bonds is 7. The molecule has 9 nitrogen and oxygen atoms in total. The van der Waals surface area contributed by atoms with Crippen LogP contribution < -0.4 is 21.9 Å². The summed E-state index contributed by atoms with van der Waals surface area (Å²) >= 11 is 0. The van der Waals surface area contributed by atoms with Gasteiger partial charge in [0, 0.05) is 48.8 Å². The van der Waals surface area contributed by atoms with Crippen molar-refractivity contribution < 1.29 is 4.79 Å². The first kappa shape index (κ1) is 21.6. The molecule has 0 aliphatic carbocycles. The van der Waals surface area contributed by atoms with Gasteiger partial charge in [0.15, 0.2) is 11.6 Å². The summed E-state index contributed by atoms with van der Waals surface area (Å²) < 4.78 is 1.63. The van der Waals surface area contributed by atoms with Crippen LogP contribution >= 0.6 is 0 Å². The maximum Gasteiger partial charge on any atom is 0.298 e. The lowest BCUT2D eigenvalue weighted by atomic mass is 9.96. The topological polar surface area (TPSA) is 133 Å². The molecule has 166 valence electrons. The molecule has 9 heteroatoms. The van der Waals surface area contributed by atoms with Crippen LogP contribution in [0.3, 0.4) is 0 Å². The minimum Gasteiger partial charge on any atom is -0.369 e. The summed E-state index contributed by atoms with van der Waals surface area (Å²) in [5, 5.41) is 0. The Labute approximate surface area is 186 Å². The van der Waals surface area contributed by atoms with Gasteiger partial charge in [-0.25, -0.2) is 15.0 Å². The molecule has 4 N–H and O–H groups in total. The first-order valence-electron chi connectivity index (χ1n) is 10.8. The number of nitrogens with zero attached hydrogens (tertiary/aromatic N) is 5. The lowest BCUT2D eigenvalue weighted by Gasteiger charge is -2.31. The average Bonchev–Trinajstić information content (AvgIpc) is 2.84. The third-order valence-electron chi connectivity index (χ3n) is 5.74. The van der Waals surface area contributed by atoms with Gasteiger partial charge in [-0.1, -0.05) is 0 Å². The summed E-state index contributed by atoms with van der Waals surface area (Å²) in [6, 6.07) is 9.32. The van der Waals surface area contributed by atoms with Crippen molar-refractivity contribution in [3.63, 3.8) is 0 Å². The van der Waals surface area contributed by atoms with E-state index in [2.05, 4.69) is 15.0 Å². The normalized spacial score (nSPS) is 14.5. The Hall–Kier alpha value is -3.59. The van der Waals surface area contributed by atoms with Gasteiger partial charge >= 0.3 is 0 Å². The summed E-state index contributed by atoms with van der Waals surface area (Å²) in [5.74, 6) is 0.594. The highest BCUT2D eigenvalue weighted by Gasteiger charge is 2.26. The number of primary amides is 1. The Morgan fingerprint density at radius 1 is 1.09 bits per heavy atom. The minimum atomic E-state index is -0.283. The summed E-state index contributed by atoms with van der Waals surface area (Å²) in [6.07, 6.45) is 7.87. The molecule has 1 amide bonds. The summed E-state index contributed by atoms with van der Waals surface area (Å²) in [7, 11) is 0. The van der Waals surface area contributed by atoms with Crippen molar-refractivity contribution >= 4 is 11.7 Å². The highest BCUT2D eigenvalue weighted by molar-refractivity contribution is 5.77. The maximum absolute atomic E-state index is 13.4. The maximum atomic E-state index is 13.4. The van der Waals surface area contributed by atoms with Crippen LogP contribution in [-0.4, -0.2) is 45.1 Å². The van der Waals surface area contributed by atoms with Gasteiger partial charge in [-0.05, 0) is 62.6 Å². The Morgan fingerprint density at radius 2 is 1.78 bits per heavy atom. The van der Waals surface area contributed by atoms with Crippen LogP contribution in [0.2, 0.25) is 0 Å². The number of aromatic nitrogens is 4. The number of carbonyl (C=O) groups excluding carboxylic acids is 1. The molecule has 0 bridgehead atoms. The van der Waals surface area contributed by atoms with Crippen molar-refractivity contribution in [2.75, 3.05) is 24.5 Å². The number of benzene rings is 1. The van der Waals surface area contributed by atoms with Crippen molar-refractivity contribution in [3.8, 4) is 17.1 Å². The highest BCUT2D eigenvalue weighted by Crippen LogP contribution is 2.22. The highest BCUT2D eigenvalue weighted by atomic mass is 16.1. The predicted molar refractivity (Wildman–Crippen MR) is 122 cm³/mol. The van der Waals surface area contributed by atoms with E-state index in [4.69, 9.17) is 11.5 Å². The lowest BCUT2D eigenvalue weighted by molar-refractivity contribution is -0.122.